The Labute approximate surface area is 121 Å². The second kappa shape index (κ2) is 5.14. The van der Waals surface area contributed by atoms with Crippen LogP contribution in [0.5, 0.6) is 0 Å². The highest BCUT2D eigenvalue weighted by molar-refractivity contribution is 5.57. The van der Waals surface area contributed by atoms with Gasteiger partial charge in [0.25, 0.3) is 0 Å². The Bertz CT molecular complexity index is 748. The third kappa shape index (κ3) is 2.23. The SMILES string of the molecule is c1cncc(-c2ccnn2Cc2noc3c2COCC3)c1. The van der Waals surface area contributed by atoms with Crippen molar-refractivity contribution in [2.45, 2.75) is 19.6 Å². The van der Waals surface area contributed by atoms with Gasteiger partial charge >= 0.3 is 0 Å². The number of ether oxygens (including phenoxy) is 1. The van der Waals surface area contributed by atoms with Crippen molar-refractivity contribution < 1.29 is 9.26 Å². The molecule has 3 aromatic heterocycles. The minimum absolute atomic E-state index is 0.567. The lowest BCUT2D eigenvalue weighted by molar-refractivity contribution is 0.102. The molecule has 0 unspecified atom stereocenters. The minimum atomic E-state index is 0.567. The lowest BCUT2D eigenvalue weighted by Gasteiger charge is -2.11. The summed E-state index contributed by atoms with van der Waals surface area (Å²) in [5, 5.41) is 8.56. The second-order valence-corrected chi connectivity index (χ2v) is 4.95. The van der Waals surface area contributed by atoms with Gasteiger partial charge in [-0.2, -0.15) is 5.10 Å². The van der Waals surface area contributed by atoms with Crippen LogP contribution in [0, 0.1) is 0 Å². The summed E-state index contributed by atoms with van der Waals surface area (Å²) in [7, 11) is 0. The van der Waals surface area contributed by atoms with Gasteiger partial charge in [-0.3, -0.25) is 9.67 Å². The van der Waals surface area contributed by atoms with E-state index in [9.17, 15) is 0 Å². The van der Waals surface area contributed by atoms with Crippen LogP contribution in [0.1, 0.15) is 17.0 Å². The predicted molar refractivity (Wildman–Crippen MR) is 74.4 cm³/mol. The van der Waals surface area contributed by atoms with Gasteiger partial charge in [-0.1, -0.05) is 5.16 Å². The molecule has 1 aliphatic heterocycles. The van der Waals surface area contributed by atoms with E-state index >= 15 is 0 Å². The molecule has 0 aliphatic carbocycles. The van der Waals surface area contributed by atoms with Crippen molar-refractivity contribution in [3.05, 3.63) is 53.8 Å². The molecule has 0 amide bonds. The maximum absolute atomic E-state index is 5.49. The lowest BCUT2D eigenvalue weighted by atomic mass is 10.1. The molecule has 3 aromatic rings. The van der Waals surface area contributed by atoms with Crippen molar-refractivity contribution in [1.29, 1.82) is 0 Å². The normalized spacial score (nSPS) is 14.1. The molecule has 0 spiro atoms. The summed E-state index contributed by atoms with van der Waals surface area (Å²) in [6, 6.07) is 5.90. The molecule has 21 heavy (non-hydrogen) atoms. The van der Waals surface area contributed by atoms with E-state index in [1.165, 1.54) is 0 Å². The highest BCUT2D eigenvalue weighted by Crippen LogP contribution is 2.23. The van der Waals surface area contributed by atoms with Gasteiger partial charge in [-0.25, -0.2) is 0 Å². The number of pyridine rings is 1. The molecule has 4 rings (SSSR count). The van der Waals surface area contributed by atoms with E-state index < -0.39 is 0 Å². The molecular formula is C15H14N4O2. The minimum Gasteiger partial charge on any atom is -0.376 e. The van der Waals surface area contributed by atoms with Gasteiger partial charge in [0.1, 0.15) is 11.5 Å². The number of hydrogen-bond acceptors (Lipinski definition) is 5. The lowest BCUT2D eigenvalue weighted by Crippen LogP contribution is -2.11. The van der Waals surface area contributed by atoms with E-state index in [0.29, 0.717) is 19.8 Å². The molecule has 6 heteroatoms. The number of aromatic nitrogens is 4. The highest BCUT2D eigenvalue weighted by atomic mass is 16.5. The molecular weight excluding hydrogens is 268 g/mol. The van der Waals surface area contributed by atoms with Crippen LogP contribution in [-0.4, -0.2) is 26.5 Å². The van der Waals surface area contributed by atoms with Crippen LogP contribution >= 0.6 is 0 Å². The number of nitrogens with zero attached hydrogens (tertiary/aromatic N) is 4. The molecule has 106 valence electrons. The zero-order valence-electron chi connectivity index (χ0n) is 11.4. The second-order valence-electron chi connectivity index (χ2n) is 4.95. The summed E-state index contributed by atoms with van der Waals surface area (Å²) in [6.45, 7) is 1.83. The smallest absolute Gasteiger partial charge is 0.144 e. The molecule has 4 heterocycles. The van der Waals surface area contributed by atoms with E-state index in [-0.39, 0.29) is 0 Å². The first kappa shape index (κ1) is 12.3. The third-order valence-electron chi connectivity index (χ3n) is 3.64. The van der Waals surface area contributed by atoms with Crippen molar-refractivity contribution >= 4 is 0 Å². The maximum atomic E-state index is 5.49. The number of rotatable bonds is 3. The van der Waals surface area contributed by atoms with E-state index in [2.05, 4.69) is 15.2 Å². The van der Waals surface area contributed by atoms with Crippen molar-refractivity contribution in [2.24, 2.45) is 0 Å². The molecule has 0 aromatic carbocycles. The van der Waals surface area contributed by atoms with Gasteiger partial charge in [-0.05, 0) is 18.2 Å². The van der Waals surface area contributed by atoms with Crippen LogP contribution in [0.4, 0.5) is 0 Å². The fraction of sp³-hybridized carbons (Fsp3) is 0.267. The van der Waals surface area contributed by atoms with E-state index in [1.807, 2.05) is 29.1 Å². The van der Waals surface area contributed by atoms with Gasteiger partial charge in [0.05, 0.1) is 25.5 Å². The van der Waals surface area contributed by atoms with Crippen molar-refractivity contribution in [3.8, 4) is 11.3 Å². The Kier molecular flexibility index (Phi) is 3.01. The van der Waals surface area contributed by atoms with Crippen LogP contribution in [0.2, 0.25) is 0 Å². The van der Waals surface area contributed by atoms with Crippen LogP contribution in [0.3, 0.4) is 0 Å². The molecule has 0 saturated carbocycles. The van der Waals surface area contributed by atoms with Crippen LogP contribution in [0.15, 0.2) is 41.3 Å². The average molecular weight is 282 g/mol. The summed E-state index contributed by atoms with van der Waals surface area (Å²) in [6.07, 6.45) is 6.16. The highest BCUT2D eigenvalue weighted by Gasteiger charge is 2.20. The van der Waals surface area contributed by atoms with Crippen molar-refractivity contribution in [3.63, 3.8) is 0 Å². The Hall–Kier alpha value is -2.47. The molecule has 0 N–H and O–H groups in total. The van der Waals surface area contributed by atoms with Crippen molar-refractivity contribution in [2.75, 3.05) is 6.61 Å². The quantitative estimate of drug-likeness (QED) is 0.735. The van der Waals surface area contributed by atoms with E-state index in [1.54, 1.807) is 12.4 Å². The Balaban J connectivity index is 1.67. The predicted octanol–water partition coefficient (Wildman–Crippen LogP) is 2.05. The van der Waals surface area contributed by atoms with Crippen LogP contribution < -0.4 is 0 Å². The summed E-state index contributed by atoms with van der Waals surface area (Å²) < 4.78 is 12.8. The molecule has 0 saturated heterocycles. The van der Waals surface area contributed by atoms with Crippen LogP contribution in [0.25, 0.3) is 11.3 Å². The molecule has 0 bridgehead atoms. The van der Waals surface area contributed by atoms with Gasteiger partial charge in [0.15, 0.2) is 0 Å². The molecule has 0 atom stereocenters. The standard InChI is InChI=1S/C15H14N4O2/c1-2-11(8-16-5-1)14-3-6-17-19(14)9-13-12-10-20-7-4-15(12)21-18-13/h1-3,5-6,8H,4,7,9-10H2. The van der Waals surface area contributed by atoms with E-state index in [0.717, 1.165) is 34.7 Å². The first-order chi connectivity index (χ1) is 10.4. The van der Waals surface area contributed by atoms with Gasteiger partial charge in [0, 0.05) is 36.1 Å². The van der Waals surface area contributed by atoms with Gasteiger partial charge in [0.2, 0.25) is 0 Å². The fourth-order valence-electron chi connectivity index (χ4n) is 2.57. The van der Waals surface area contributed by atoms with Gasteiger partial charge < -0.3 is 9.26 Å². The molecule has 0 fully saturated rings. The summed E-state index contributed by atoms with van der Waals surface area (Å²) >= 11 is 0. The zero-order chi connectivity index (χ0) is 14.1. The summed E-state index contributed by atoms with van der Waals surface area (Å²) in [5.41, 5.74) is 3.99. The first-order valence-corrected chi connectivity index (χ1v) is 6.88. The summed E-state index contributed by atoms with van der Waals surface area (Å²) in [4.78, 5) is 4.15. The summed E-state index contributed by atoms with van der Waals surface area (Å²) in [5.74, 6) is 0.936. The van der Waals surface area contributed by atoms with Crippen molar-refractivity contribution in [1.82, 2.24) is 19.9 Å². The largest absolute Gasteiger partial charge is 0.376 e. The third-order valence-corrected chi connectivity index (χ3v) is 3.64. The Morgan fingerprint density at radius 3 is 3.14 bits per heavy atom. The Morgan fingerprint density at radius 2 is 2.24 bits per heavy atom. The van der Waals surface area contributed by atoms with Gasteiger partial charge in [-0.15, -0.1) is 0 Å². The molecule has 0 radical (unpaired) electrons. The number of fused-ring (bicyclic) bond motifs is 1. The molecule has 6 nitrogen and oxygen atoms in total. The zero-order valence-corrected chi connectivity index (χ0v) is 11.4. The van der Waals surface area contributed by atoms with Crippen LogP contribution in [-0.2, 0) is 24.3 Å². The maximum Gasteiger partial charge on any atom is 0.144 e. The van der Waals surface area contributed by atoms with E-state index in [4.69, 9.17) is 9.26 Å². The number of hydrogen-bond donors (Lipinski definition) is 0. The fourth-order valence-corrected chi connectivity index (χ4v) is 2.57. The Morgan fingerprint density at radius 1 is 1.24 bits per heavy atom. The molecule has 1 aliphatic rings. The first-order valence-electron chi connectivity index (χ1n) is 6.88. The monoisotopic (exact) mass is 282 g/mol. The average Bonchev–Trinajstić information content (AvgIpc) is 3.16. The topological polar surface area (TPSA) is 66.0 Å².